The molecule has 0 saturated carbocycles. The number of nitrogens with zero attached hydrogens (tertiary/aromatic N) is 1. The summed E-state index contributed by atoms with van der Waals surface area (Å²) in [6.45, 7) is 16.6. The van der Waals surface area contributed by atoms with E-state index in [9.17, 15) is 0 Å². The highest BCUT2D eigenvalue weighted by molar-refractivity contribution is 5.85. The lowest BCUT2D eigenvalue weighted by Gasteiger charge is -2.44. The maximum atomic E-state index is 4.95. The van der Waals surface area contributed by atoms with Gasteiger partial charge in [0.05, 0.1) is 11.2 Å². The Balaban J connectivity index is 1.93. The summed E-state index contributed by atoms with van der Waals surface area (Å²) in [6, 6.07) is 17.6. The molecule has 0 spiro atoms. The number of fused-ring (bicyclic) bond motifs is 2. The fraction of sp³-hybridized carbons (Fsp3) is 0.400. The fourth-order valence-corrected chi connectivity index (χ4v) is 4.72. The average molecular weight is 344 g/mol. The zero-order chi connectivity index (χ0) is 18.9. The number of aromatic nitrogens is 1. The van der Waals surface area contributed by atoms with Gasteiger partial charge in [-0.25, -0.2) is 4.98 Å². The molecule has 26 heavy (non-hydrogen) atoms. The minimum atomic E-state index is 0.119. The molecule has 1 nitrogen and oxygen atoms in total. The van der Waals surface area contributed by atoms with E-state index in [4.69, 9.17) is 4.98 Å². The highest BCUT2D eigenvalue weighted by Gasteiger charge is 2.56. The van der Waals surface area contributed by atoms with Crippen LogP contribution in [0.2, 0.25) is 0 Å². The van der Waals surface area contributed by atoms with Crippen molar-refractivity contribution >= 4 is 10.9 Å². The van der Waals surface area contributed by atoms with Crippen LogP contribution in [0.4, 0.5) is 0 Å². The summed E-state index contributed by atoms with van der Waals surface area (Å²) in [5.41, 5.74) is 8.06. The van der Waals surface area contributed by atoms with Gasteiger partial charge >= 0.3 is 0 Å². The second-order valence-electron chi connectivity index (χ2n) is 9.48. The van der Waals surface area contributed by atoms with Crippen molar-refractivity contribution in [1.82, 2.24) is 4.98 Å². The summed E-state index contributed by atoms with van der Waals surface area (Å²) in [7, 11) is 0. The molecule has 134 valence electrons. The molecule has 0 fully saturated rings. The van der Waals surface area contributed by atoms with Gasteiger partial charge in [-0.15, -0.1) is 0 Å². The van der Waals surface area contributed by atoms with Crippen molar-refractivity contribution in [3.8, 4) is 11.3 Å². The van der Waals surface area contributed by atoms with Crippen molar-refractivity contribution in [2.75, 3.05) is 0 Å². The Kier molecular flexibility index (Phi) is 3.45. The lowest BCUT2D eigenvalue weighted by atomic mass is 9.59. The monoisotopic (exact) mass is 343 g/mol. The zero-order valence-electron chi connectivity index (χ0n) is 17.1. The predicted molar refractivity (Wildman–Crippen MR) is 112 cm³/mol. The van der Waals surface area contributed by atoms with Crippen LogP contribution < -0.4 is 0 Å². The van der Waals surface area contributed by atoms with Crippen molar-refractivity contribution in [2.24, 2.45) is 5.41 Å². The third kappa shape index (κ3) is 2.06. The van der Waals surface area contributed by atoms with Gasteiger partial charge in [0.25, 0.3) is 0 Å². The van der Waals surface area contributed by atoms with E-state index in [0.717, 1.165) is 11.2 Å². The molecule has 1 aromatic heterocycles. The third-order valence-corrected chi connectivity index (χ3v) is 7.71. The van der Waals surface area contributed by atoms with E-state index in [1.807, 2.05) is 0 Å². The zero-order valence-corrected chi connectivity index (χ0v) is 17.1. The second-order valence-corrected chi connectivity index (χ2v) is 9.48. The molecule has 3 aromatic rings. The number of benzene rings is 2. The van der Waals surface area contributed by atoms with E-state index in [1.54, 1.807) is 0 Å². The Morgan fingerprint density at radius 1 is 0.731 bits per heavy atom. The first-order valence-electron chi connectivity index (χ1n) is 9.59. The molecular weight excluding hydrogens is 314 g/mol. The molecule has 1 heteroatoms. The van der Waals surface area contributed by atoms with E-state index in [1.165, 1.54) is 27.6 Å². The molecule has 2 aromatic carbocycles. The molecule has 1 aliphatic carbocycles. The van der Waals surface area contributed by atoms with E-state index in [0.29, 0.717) is 0 Å². The first-order valence-corrected chi connectivity index (χ1v) is 9.59. The SMILES string of the molecule is Cc1cc(-c2ccc3c(c2)C(C)(C)C(C)(C)C3(C)C)nc2ccccc12. The van der Waals surface area contributed by atoms with Gasteiger partial charge in [0.15, 0.2) is 0 Å². The van der Waals surface area contributed by atoms with Gasteiger partial charge < -0.3 is 0 Å². The summed E-state index contributed by atoms with van der Waals surface area (Å²) in [5.74, 6) is 0. The van der Waals surface area contributed by atoms with Crippen LogP contribution in [-0.2, 0) is 10.8 Å². The van der Waals surface area contributed by atoms with Crippen molar-refractivity contribution < 1.29 is 0 Å². The number of aryl methyl sites for hydroxylation is 1. The predicted octanol–water partition coefficient (Wildman–Crippen LogP) is 6.81. The van der Waals surface area contributed by atoms with E-state index < -0.39 is 0 Å². The van der Waals surface area contributed by atoms with E-state index in [-0.39, 0.29) is 16.2 Å². The number of para-hydroxylation sites is 1. The molecule has 0 unspecified atom stereocenters. The molecule has 0 aliphatic heterocycles. The highest BCUT2D eigenvalue weighted by atomic mass is 14.7. The van der Waals surface area contributed by atoms with Gasteiger partial charge in [0, 0.05) is 10.9 Å². The van der Waals surface area contributed by atoms with Crippen molar-refractivity contribution in [3.63, 3.8) is 0 Å². The van der Waals surface area contributed by atoms with Crippen LogP contribution in [0.25, 0.3) is 22.2 Å². The molecular formula is C25H29N. The molecule has 1 aliphatic rings. The van der Waals surface area contributed by atoms with Gasteiger partial charge in [-0.05, 0) is 58.1 Å². The molecule has 0 N–H and O–H groups in total. The normalized spacial score (nSPS) is 19.5. The summed E-state index contributed by atoms with van der Waals surface area (Å²) >= 11 is 0. The molecule has 0 bridgehead atoms. The lowest BCUT2D eigenvalue weighted by molar-refractivity contribution is 0.125. The molecule has 0 radical (unpaired) electrons. The Labute approximate surface area is 157 Å². The average Bonchev–Trinajstić information content (AvgIpc) is 2.70. The minimum Gasteiger partial charge on any atom is -0.248 e. The first-order chi connectivity index (χ1) is 12.1. The summed E-state index contributed by atoms with van der Waals surface area (Å²) in [5, 5.41) is 1.24. The van der Waals surface area contributed by atoms with Crippen LogP contribution in [0.1, 0.15) is 58.2 Å². The summed E-state index contributed by atoms with van der Waals surface area (Å²) in [6.07, 6.45) is 0. The Bertz CT molecular complexity index is 1020. The van der Waals surface area contributed by atoms with Crippen molar-refractivity contribution in [3.05, 3.63) is 65.2 Å². The molecule has 0 amide bonds. The van der Waals surface area contributed by atoms with Crippen LogP contribution in [0.3, 0.4) is 0 Å². The third-order valence-electron chi connectivity index (χ3n) is 7.71. The smallest absolute Gasteiger partial charge is 0.0712 e. The van der Waals surface area contributed by atoms with Gasteiger partial charge in [-0.2, -0.15) is 0 Å². The lowest BCUT2D eigenvalue weighted by Crippen LogP contribution is -2.42. The van der Waals surface area contributed by atoms with E-state index >= 15 is 0 Å². The van der Waals surface area contributed by atoms with Crippen molar-refractivity contribution in [1.29, 1.82) is 0 Å². The highest BCUT2D eigenvalue weighted by Crippen LogP contribution is 2.61. The number of hydrogen-bond acceptors (Lipinski definition) is 1. The van der Waals surface area contributed by atoms with Gasteiger partial charge in [-0.1, -0.05) is 71.9 Å². The molecule has 4 rings (SSSR count). The van der Waals surface area contributed by atoms with Crippen molar-refractivity contribution in [2.45, 2.75) is 59.3 Å². The summed E-state index contributed by atoms with van der Waals surface area (Å²) < 4.78 is 0. The van der Waals surface area contributed by atoms with Gasteiger partial charge in [-0.3, -0.25) is 0 Å². The van der Waals surface area contributed by atoms with Gasteiger partial charge in [0.1, 0.15) is 0 Å². The maximum absolute atomic E-state index is 4.95. The Morgan fingerprint density at radius 2 is 1.38 bits per heavy atom. The molecule has 1 heterocycles. The number of rotatable bonds is 1. The van der Waals surface area contributed by atoms with E-state index in [2.05, 4.69) is 97.0 Å². The summed E-state index contributed by atoms with van der Waals surface area (Å²) in [4.78, 5) is 4.95. The van der Waals surface area contributed by atoms with Crippen LogP contribution in [0.5, 0.6) is 0 Å². The topological polar surface area (TPSA) is 12.9 Å². The van der Waals surface area contributed by atoms with Crippen LogP contribution in [0.15, 0.2) is 48.5 Å². The minimum absolute atomic E-state index is 0.119. The standard InChI is InChI=1S/C25H29N/c1-16-14-22(26-21-11-9-8-10-18(16)21)17-12-13-19-20(15-17)24(4,5)25(6,7)23(19,2)3/h8-15H,1-7H3. The number of pyridine rings is 1. The van der Waals surface area contributed by atoms with Crippen LogP contribution in [0, 0.1) is 12.3 Å². The van der Waals surface area contributed by atoms with Gasteiger partial charge in [0.2, 0.25) is 0 Å². The quantitative estimate of drug-likeness (QED) is 0.473. The Hall–Kier alpha value is -2.15. The molecule has 0 atom stereocenters. The van der Waals surface area contributed by atoms with Crippen LogP contribution >= 0.6 is 0 Å². The number of hydrogen-bond donors (Lipinski definition) is 0. The first kappa shape index (κ1) is 17.3. The fourth-order valence-electron chi connectivity index (χ4n) is 4.72. The Morgan fingerprint density at radius 3 is 2.12 bits per heavy atom. The largest absolute Gasteiger partial charge is 0.248 e. The molecule has 0 saturated heterocycles. The maximum Gasteiger partial charge on any atom is 0.0712 e. The second kappa shape index (κ2) is 5.19. The van der Waals surface area contributed by atoms with Crippen LogP contribution in [-0.4, -0.2) is 4.98 Å².